The van der Waals surface area contributed by atoms with Gasteiger partial charge in [0.2, 0.25) is 0 Å². The van der Waals surface area contributed by atoms with Crippen molar-refractivity contribution in [2.45, 2.75) is 12.8 Å². The average Bonchev–Trinajstić information content (AvgIpc) is 2.54. The smallest absolute Gasteiger partial charge is 0.320 e. The van der Waals surface area contributed by atoms with Crippen molar-refractivity contribution in [3.63, 3.8) is 0 Å². The van der Waals surface area contributed by atoms with Crippen LogP contribution in [0.3, 0.4) is 0 Å². The number of carbonyl (C=O) groups excluding carboxylic acids is 3. The van der Waals surface area contributed by atoms with E-state index in [-0.39, 0.29) is 24.2 Å². The summed E-state index contributed by atoms with van der Waals surface area (Å²) in [6, 6.07) is 4.93. The number of esters is 2. The van der Waals surface area contributed by atoms with Crippen molar-refractivity contribution >= 4 is 23.5 Å². The predicted molar refractivity (Wildman–Crippen MR) is 78.8 cm³/mol. The Kier molecular flexibility index (Phi) is 6.92. The topological polar surface area (TPSA) is 89.9 Å². The summed E-state index contributed by atoms with van der Waals surface area (Å²) in [6.07, 6.45) is 0.685. The second-order valence-electron chi connectivity index (χ2n) is 4.64. The van der Waals surface area contributed by atoms with Crippen LogP contribution in [0, 0.1) is 11.7 Å². The molecule has 0 atom stereocenters. The van der Waals surface area contributed by atoms with Crippen LogP contribution in [0.1, 0.15) is 18.4 Å². The van der Waals surface area contributed by atoms with E-state index in [1.54, 1.807) is 0 Å². The Morgan fingerprint density at radius 2 is 1.65 bits per heavy atom. The maximum absolute atomic E-state index is 12.8. The molecule has 0 aliphatic rings. The van der Waals surface area contributed by atoms with Gasteiger partial charge < -0.3 is 14.6 Å². The van der Waals surface area contributed by atoms with Crippen LogP contribution in [0.15, 0.2) is 30.3 Å². The van der Waals surface area contributed by atoms with Gasteiger partial charge in [-0.1, -0.05) is 0 Å². The number of hydrogen-bond acceptors (Lipinski definition) is 6. The summed E-state index contributed by atoms with van der Waals surface area (Å²) < 4.78 is 21.7. The van der Waals surface area contributed by atoms with Crippen molar-refractivity contribution in [3.8, 4) is 0 Å². The number of benzene rings is 1. The quantitative estimate of drug-likeness (QED) is 0.357. The number of ether oxygens (including phenoxy) is 2. The molecule has 1 aromatic rings. The van der Waals surface area contributed by atoms with E-state index in [1.807, 2.05) is 0 Å². The largest absolute Gasteiger partial charge is 0.507 e. The number of methoxy groups -OCH3 is 2. The third-order valence-corrected chi connectivity index (χ3v) is 3.09. The minimum absolute atomic E-state index is 0.106. The highest BCUT2D eigenvalue weighted by atomic mass is 19.1. The van der Waals surface area contributed by atoms with Gasteiger partial charge in [0.05, 0.1) is 14.2 Å². The molecule has 0 bridgehead atoms. The van der Waals surface area contributed by atoms with Crippen LogP contribution in [0.5, 0.6) is 0 Å². The molecule has 0 spiro atoms. The highest BCUT2D eigenvalue weighted by Crippen LogP contribution is 2.15. The van der Waals surface area contributed by atoms with Crippen molar-refractivity contribution in [2.24, 2.45) is 5.92 Å². The molecule has 0 aromatic heterocycles. The third kappa shape index (κ3) is 5.54. The Morgan fingerprint density at radius 1 is 1.13 bits per heavy atom. The van der Waals surface area contributed by atoms with E-state index in [2.05, 4.69) is 9.47 Å². The van der Waals surface area contributed by atoms with Crippen LogP contribution in [0.2, 0.25) is 0 Å². The molecule has 1 N–H and O–H groups in total. The molecule has 6 nitrogen and oxygen atoms in total. The SMILES string of the molecule is COC(=O)C(CCC(=O)/C=C(\O)c1ccc(F)cc1)C(=O)OC. The number of ketones is 1. The van der Waals surface area contributed by atoms with Crippen molar-refractivity contribution in [1.82, 2.24) is 0 Å². The summed E-state index contributed by atoms with van der Waals surface area (Å²) in [5, 5.41) is 9.79. The molecular weight excluding hydrogens is 307 g/mol. The summed E-state index contributed by atoms with van der Waals surface area (Å²) in [5.74, 6) is -4.08. The lowest BCUT2D eigenvalue weighted by atomic mass is 10.0. The van der Waals surface area contributed by atoms with Gasteiger partial charge in [-0.05, 0) is 30.7 Å². The lowest BCUT2D eigenvalue weighted by molar-refractivity contribution is -0.159. The van der Waals surface area contributed by atoms with Gasteiger partial charge in [-0.2, -0.15) is 0 Å². The van der Waals surface area contributed by atoms with E-state index >= 15 is 0 Å². The molecule has 124 valence electrons. The van der Waals surface area contributed by atoms with Gasteiger partial charge in [0.15, 0.2) is 11.7 Å². The minimum Gasteiger partial charge on any atom is -0.507 e. The first kappa shape index (κ1) is 18.3. The third-order valence-electron chi connectivity index (χ3n) is 3.09. The first-order chi connectivity index (χ1) is 10.9. The Bertz CT molecular complexity index is 590. The first-order valence-electron chi connectivity index (χ1n) is 6.74. The van der Waals surface area contributed by atoms with E-state index < -0.39 is 29.5 Å². The summed E-state index contributed by atoms with van der Waals surface area (Å²) in [4.78, 5) is 34.7. The monoisotopic (exact) mass is 324 g/mol. The fourth-order valence-corrected chi connectivity index (χ4v) is 1.83. The van der Waals surface area contributed by atoms with E-state index in [1.165, 1.54) is 12.1 Å². The Hall–Kier alpha value is -2.70. The van der Waals surface area contributed by atoms with Gasteiger partial charge in [-0.15, -0.1) is 0 Å². The van der Waals surface area contributed by atoms with Crippen LogP contribution < -0.4 is 0 Å². The number of allylic oxidation sites excluding steroid dienone is 1. The first-order valence-corrected chi connectivity index (χ1v) is 6.74. The summed E-state index contributed by atoms with van der Waals surface area (Å²) in [7, 11) is 2.25. The van der Waals surface area contributed by atoms with E-state index in [0.717, 1.165) is 32.4 Å². The van der Waals surface area contributed by atoms with Crippen molar-refractivity contribution in [1.29, 1.82) is 0 Å². The van der Waals surface area contributed by atoms with Crippen LogP contribution in [0.25, 0.3) is 5.76 Å². The maximum atomic E-state index is 12.8. The van der Waals surface area contributed by atoms with Crippen LogP contribution in [0.4, 0.5) is 4.39 Å². The standard InChI is InChI=1S/C16H17FO6/c1-22-15(20)13(16(21)23-2)8-7-12(18)9-14(19)10-3-5-11(17)6-4-10/h3-6,9,13,19H,7-8H2,1-2H3/b14-9-. The normalized spacial score (nSPS) is 11.2. The molecule has 1 aromatic carbocycles. The lowest BCUT2D eigenvalue weighted by Crippen LogP contribution is -2.27. The van der Waals surface area contributed by atoms with Crippen LogP contribution in [-0.2, 0) is 23.9 Å². The molecule has 0 saturated carbocycles. The molecule has 0 aliphatic carbocycles. The lowest BCUT2D eigenvalue weighted by Gasteiger charge is -2.11. The fourth-order valence-electron chi connectivity index (χ4n) is 1.83. The number of carbonyl (C=O) groups is 3. The number of hydrogen-bond donors (Lipinski definition) is 1. The number of aliphatic hydroxyl groups excluding tert-OH is 1. The van der Waals surface area contributed by atoms with Gasteiger partial charge in [0.25, 0.3) is 0 Å². The molecule has 1 rings (SSSR count). The number of aliphatic hydroxyl groups is 1. The van der Waals surface area contributed by atoms with Crippen molar-refractivity contribution < 1.29 is 33.4 Å². The summed E-state index contributed by atoms with van der Waals surface area (Å²) in [6.45, 7) is 0. The molecule has 0 fully saturated rings. The molecule has 0 radical (unpaired) electrons. The average molecular weight is 324 g/mol. The fraction of sp³-hybridized carbons (Fsp3) is 0.312. The molecular formula is C16H17FO6. The zero-order chi connectivity index (χ0) is 17.4. The Balaban J connectivity index is 2.70. The second-order valence-corrected chi connectivity index (χ2v) is 4.64. The predicted octanol–water partition coefficient (Wildman–Crippen LogP) is 2.04. The number of halogens is 1. The molecule has 0 amide bonds. The molecule has 7 heteroatoms. The Morgan fingerprint density at radius 3 is 2.13 bits per heavy atom. The molecule has 0 aliphatic heterocycles. The van der Waals surface area contributed by atoms with E-state index in [9.17, 15) is 23.9 Å². The summed E-state index contributed by atoms with van der Waals surface area (Å²) in [5.41, 5.74) is 0.275. The zero-order valence-electron chi connectivity index (χ0n) is 12.7. The molecule has 23 heavy (non-hydrogen) atoms. The van der Waals surface area contributed by atoms with Crippen LogP contribution in [-0.4, -0.2) is 37.0 Å². The highest BCUT2D eigenvalue weighted by Gasteiger charge is 2.28. The molecule has 0 heterocycles. The van der Waals surface area contributed by atoms with Gasteiger partial charge in [-0.25, -0.2) is 4.39 Å². The maximum Gasteiger partial charge on any atom is 0.320 e. The Labute approximate surface area is 132 Å². The number of rotatable bonds is 7. The minimum atomic E-state index is -1.20. The highest BCUT2D eigenvalue weighted by molar-refractivity contribution is 5.98. The van der Waals surface area contributed by atoms with Crippen molar-refractivity contribution in [3.05, 3.63) is 41.7 Å². The second kappa shape index (κ2) is 8.67. The van der Waals surface area contributed by atoms with E-state index in [0.29, 0.717) is 0 Å². The molecule has 0 saturated heterocycles. The zero-order valence-corrected chi connectivity index (χ0v) is 12.7. The van der Waals surface area contributed by atoms with Crippen molar-refractivity contribution in [2.75, 3.05) is 14.2 Å². The van der Waals surface area contributed by atoms with Crippen LogP contribution >= 0.6 is 0 Å². The summed E-state index contributed by atoms with van der Waals surface area (Å²) >= 11 is 0. The van der Waals surface area contributed by atoms with Gasteiger partial charge in [0, 0.05) is 18.1 Å². The van der Waals surface area contributed by atoms with Gasteiger partial charge in [-0.3, -0.25) is 14.4 Å². The van der Waals surface area contributed by atoms with Gasteiger partial charge in [0.1, 0.15) is 11.6 Å². The molecule has 0 unspecified atom stereocenters. The van der Waals surface area contributed by atoms with E-state index in [4.69, 9.17) is 0 Å². The van der Waals surface area contributed by atoms with Gasteiger partial charge >= 0.3 is 11.9 Å².